The maximum absolute atomic E-state index is 13.3. The average molecular weight is 416 g/mol. The number of amides is 2. The summed E-state index contributed by atoms with van der Waals surface area (Å²) in [6.45, 7) is 2.17. The molecule has 0 saturated heterocycles. The lowest BCUT2D eigenvalue weighted by Crippen LogP contribution is -2.28. The molecule has 2 aliphatic rings. The van der Waals surface area contributed by atoms with E-state index in [-0.39, 0.29) is 14.1 Å². The van der Waals surface area contributed by atoms with Crippen molar-refractivity contribution in [1.29, 1.82) is 0 Å². The number of ether oxygens (including phenoxy) is 2. The van der Waals surface area contributed by atoms with Crippen LogP contribution < -0.4 is 20.5 Å². The summed E-state index contributed by atoms with van der Waals surface area (Å²) in [5.41, 5.74) is 9.77. The van der Waals surface area contributed by atoms with Gasteiger partial charge in [-0.05, 0) is 72.4 Å². The highest BCUT2D eigenvalue weighted by Crippen LogP contribution is 2.51. The number of carbonyl (C=O) groups is 2. The smallest absolute Gasteiger partial charge is 0.248 e. The molecule has 0 atom stereocenters. The fraction of sp³-hybridized carbons (Fsp3) is 0.200. The van der Waals surface area contributed by atoms with Gasteiger partial charge in [0.15, 0.2) is 11.5 Å². The molecule has 0 radical (unpaired) electrons. The topological polar surface area (TPSA) is 90.7 Å². The summed E-state index contributed by atoms with van der Waals surface area (Å²) in [4.78, 5) is 24.8. The fourth-order valence-electron chi connectivity index (χ4n) is 4.13. The zero-order valence-corrected chi connectivity index (χ0v) is 17.1. The first-order valence-corrected chi connectivity index (χ1v) is 10.2. The molecule has 2 amide bonds. The molecule has 3 aromatic rings. The zero-order valence-electron chi connectivity index (χ0n) is 17.1. The van der Waals surface area contributed by atoms with Crippen LogP contribution in [-0.4, -0.2) is 18.6 Å². The Bertz CT molecular complexity index is 1220. The highest BCUT2D eigenvalue weighted by molar-refractivity contribution is 6.02. The number of anilines is 1. The molecule has 1 aliphatic heterocycles. The second-order valence-corrected chi connectivity index (χ2v) is 8.03. The second-order valence-electron chi connectivity index (χ2n) is 8.03. The van der Waals surface area contributed by atoms with Gasteiger partial charge in [0.25, 0.3) is 0 Å². The van der Waals surface area contributed by atoms with E-state index in [1.807, 2.05) is 49.4 Å². The maximum atomic E-state index is 13.3. The molecular weight excluding hydrogens is 392 g/mol. The SMILES string of the molecule is Cc1c(NC(=O)C2(c3ccc4c(c3)OCO4)CC2)cccc1-c1cccc(C(N)=O)c1.[HH]. The van der Waals surface area contributed by atoms with E-state index in [4.69, 9.17) is 15.2 Å². The minimum absolute atomic E-state index is 0. The quantitative estimate of drug-likeness (QED) is 0.645. The van der Waals surface area contributed by atoms with Crippen LogP contribution in [-0.2, 0) is 10.2 Å². The van der Waals surface area contributed by atoms with E-state index in [1.54, 1.807) is 18.2 Å². The van der Waals surface area contributed by atoms with Crippen molar-refractivity contribution in [1.82, 2.24) is 0 Å². The number of hydrogen-bond acceptors (Lipinski definition) is 4. The normalized spacial score (nSPS) is 15.4. The lowest BCUT2D eigenvalue weighted by molar-refractivity contribution is -0.118. The van der Waals surface area contributed by atoms with Crippen molar-refractivity contribution >= 4 is 17.5 Å². The van der Waals surface area contributed by atoms with Crippen LogP contribution in [0.3, 0.4) is 0 Å². The predicted molar refractivity (Wildman–Crippen MR) is 119 cm³/mol. The third-order valence-electron chi connectivity index (χ3n) is 6.15. The Hall–Kier alpha value is -3.80. The lowest BCUT2D eigenvalue weighted by Gasteiger charge is -2.19. The number of fused-ring (bicyclic) bond motifs is 1. The number of carbonyl (C=O) groups excluding carboxylic acids is 2. The predicted octanol–water partition coefficient (Wildman–Crippen LogP) is 4.41. The van der Waals surface area contributed by atoms with Crippen LogP contribution in [0.15, 0.2) is 60.7 Å². The highest BCUT2D eigenvalue weighted by Gasteiger charge is 2.51. The molecule has 0 bridgehead atoms. The van der Waals surface area contributed by atoms with Crippen molar-refractivity contribution in [2.45, 2.75) is 25.2 Å². The van der Waals surface area contributed by atoms with Crippen molar-refractivity contribution in [2.75, 3.05) is 12.1 Å². The van der Waals surface area contributed by atoms with Crippen molar-refractivity contribution in [3.8, 4) is 22.6 Å². The summed E-state index contributed by atoms with van der Waals surface area (Å²) in [7, 11) is 0. The number of benzene rings is 3. The monoisotopic (exact) mass is 416 g/mol. The number of nitrogens with two attached hydrogens (primary N) is 1. The molecule has 6 heteroatoms. The summed E-state index contributed by atoms with van der Waals surface area (Å²) in [6.07, 6.45) is 1.58. The van der Waals surface area contributed by atoms with Gasteiger partial charge in [0.05, 0.1) is 5.41 Å². The standard InChI is InChI=1S/C25H22N2O4.H2/c1-15-19(16-4-2-5-17(12-16)23(26)28)6-3-7-20(15)27-24(29)25(10-11-25)18-8-9-21-22(13-18)31-14-30-21;/h2-9,12-13H,10-11,14H2,1H3,(H2,26,28)(H,27,29);1H. The van der Waals surface area contributed by atoms with E-state index in [1.165, 1.54) is 0 Å². The molecule has 6 nitrogen and oxygen atoms in total. The first kappa shape index (κ1) is 19.2. The molecule has 3 N–H and O–H groups in total. The number of nitrogens with one attached hydrogen (secondary N) is 1. The van der Waals surface area contributed by atoms with Gasteiger partial charge in [0.2, 0.25) is 18.6 Å². The van der Waals surface area contributed by atoms with Crippen LogP contribution in [0.4, 0.5) is 5.69 Å². The molecule has 0 unspecified atom stereocenters. The van der Waals surface area contributed by atoms with E-state index in [0.717, 1.165) is 40.8 Å². The Morgan fingerprint density at radius 3 is 2.55 bits per heavy atom. The number of rotatable bonds is 5. The minimum atomic E-state index is -0.546. The van der Waals surface area contributed by atoms with Crippen molar-refractivity contribution in [2.24, 2.45) is 5.73 Å². The van der Waals surface area contributed by atoms with Crippen LogP contribution in [0.5, 0.6) is 11.5 Å². The second kappa shape index (κ2) is 7.16. The molecule has 158 valence electrons. The van der Waals surface area contributed by atoms with Gasteiger partial charge >= 0.3 is 0 Å². The van der Waals surface area contributed by atoms with Crippen LogP contribution >= 0.6 is 0 Å². The summed E-state index contributed by atoms with van der Waals surface area (Å²) in [6, 6.07) is 18.7. The van der Waals surface area contributed by atoms with Crippen molar-refractivity contribution < 1.29 is 20.5 Å². The molecule has 1 saturated carbocycles. The maximum Gasteiger partial charge on any atom is 0.248 e. The first-order valence-electron chi connectivity index (χ1n) is 10.2. The summed E-state index contributed by atoms with van der Waals surface area (Å²) in [5.74, 6) is 0.895. The van der Waals surface area contributed by atoms with Crippen molar-refractivity contribution in [3.63, 3.8) is 0 Å². The summed E-state index contributed by atoms with van der Waals surface area (Å²) in [5, 5.41) is 3.12. The van der Waals surface area contributed by atoms with E-state index >= 15 is 0 Å². The van der Waals surface area contributed by atoms with Gasteiger partial charge in [-0.2, -0.15) is 0 Å². The fourth-order valence-corrected chi connectivity index (χ4v) is 4.13. The molecule has 1 fully saturated rings. The lowest BCUT2D eigenvalue weighted by atomic mass is 9.93. The Balaban J connectivity index is 0.00000245. The largest absolute Gasteiger partial charge is 0.454 e. The van der Waals surface area contributed by atoms with E-state index in [9.17, 15) is 9.59 Å². The van der Waals surface area contributed by atoms with Gasteiger partial charge in [-0.1, -0.05) is 30.3 Å². The van der Waals surface area contributed by atoms with Crippen LogP contribution in [0.25, 0.3) is 11.1 Å². The van der Waals surface area contributed by atoms with Gasteiger partial charge in [0.1, 0.15) is 0 Å². The molecular formula is C25H24N2O4. The van der Waals surface area contributed by atoms with Gasteiger partial charge in [0, 0.05) is 12.7 Å². The van der Waals surface area contributed by atoms with Gasteiger partial charge in [-0.3, -0.25) is 9.59 Å². The van der Waals surface area contributed by atoms with E-state index < -0.39 is 11.3 Å². The first-order chi connectivity index (χ1) is 15.0. The molecule has 0 aromatic heterocycles. The van der Waals surface area contributed by atoms with Gasteiger partial charge in [-0.15, -0.1) is 0 Å². The Morgan fingerprint density at radius 1 is 1.00 bits per heavy atom. The molecule has 1 aliphatic carbocycles. The molecule has 3 aromatic carbocycles. The third-order valence-corrected chi connectivity index (χ3v) is 6.15. The van der Waals surface area contributed by atoms with E-state index in [2.05, 4.69) is 5.32 Å². The van der Waals surface area contributed by atoms with Crippen molar-refractivity contribution in [3.05, 3.63) is 77.4 Å². The number of hydrogen-bond donors (Lipinski definition) is 2. The molecule has 0 spiro atoms. The Morgan fingerprint density at radius 2 is 1.77 bits per heavy atom. The average Bonchev–Trinajstić information content (AvgIpc) is 3.46. The third kappa shape index (κ3) is 3.30. The Kier molecular flexibility index (Phi) is 4.43. The molecule has 31 heavy (non-hydrogen) atoms. The molecule has 5 rings (SSSR count). The van der Waals surface area contributed by atoms with Gasteiger partial charge in [-0.25, -0.2) is 0 Å². The highest BCUT2D eigenvalue weighted by atomic mass is 16.7. The molecule has 1 heterocycles. The van der Waals surface area contributed by atoms with Crippen LogP contribution in [0, 0.1) is 6.92 Å². The summed E-state index contributed by atoms with van der Waals surface area (Å²) >= 11 is 0. The number of primary amides is 1. The zero-order chi connectivity index (χ0) is 21.6. The summed E-state index contributed by atoms with van der Waals surface area (Å²) < 4.78 is 10.9. The van der Waals surface area contributed by atoms with Gasteiger partial charge < -0.3 is 20.5 Å². The van der Waals surface area contributed by atoms with Crippen LogP contribution in [0.2, 0.25) is 0 Å². The Labute approximate surface area is 181 Å². The van der Waals surface area contributed by atoms with Crippen LogP contribution in [0.1, 0.15) is 35.8 Å². The minimum Gasteiger partial charge on any atom is -0.454 e. The van der Waals surface area contributed by atoms with E-state index in [0.29, 0.717) is 17.1 Å².